The Morgan fingerprint density at radius 1 is 1.16 bits per heavy atom. The van der Waals surface area contributed by atoms with Crippen molar-refractivity contribution in [1.82, 2.24) is 9.55 Å². The van der Waals surface area contributed by atoms with Crippen molar-refractivity contribution in [3.8, 4) is 0 Å². The summed E-state index contributed by atoms with van der Waals surface area (Å²) in [7, 11) is -16.8. The molecule has 0 spiro atoms. The predicted molar refractivity (Wildman–Crippen MR) is 143 cm³/mol. The number of aliphatic hydroxyl groups excluding tert-OH is 1. The van der Waals surface area contributed by atoms with Crippen molar-refractivity contribution in [2.24, 2.45) is 5.92 Å². The molecule has 3 rings (SSSR count). The van der Waals surface area contributed by atoms with Crippen molar-refractivity contribution in [3.05, 3.63) is 62.2 Å². The Morgan fingerprint density at radius 2 is 1.81 bits per heavy atom. The summed E-state index contributed by atoms with van der Waals surface area (Å²) in [5.74, 6) is -0.418. The van der Waals surface area contributed by atoms with Crippen molar-refractivity contribution in [3.63, 3.8) is 0 Å². The van der Waals surface area contributed by atoms with Crippen LogP contribution >= 0.6 is 23.5 Å². The number of ether oxygens (including phenoxy) is 2. The van der Waals surface area contributed by atoms with Gasteiger partial charge in [-0.05, 0) is 12.0 Å². The zero-order valence-corrected chi connectivity index (χ0v) is 25.1. The number of nitro groups is 1. The highest BCUT2D eigenvalue weighted by atomic mass is 31.3. The average molecular weight is 674 g/mol. The Bertz CT molecular complexity index is 1530. The SMILES string of the molecule is CC(C)[C@@H](OCc1cn([C@H]2C[C@H](O)[C@@H](COP(=O)(O)OP(=O)(O)OP(=O)(O)O)O2)c(=O)nc1N)c1ccccc1[N+](=O)[O-]. The van der Waals surface area contributed by atoms with E-state index in [9.17, 15) is 43.5 Å². The molecular formula is C20H29N4O16P3. The number of aliphatic hydroxyl groups is 1. The van der Waals surface area contributed by atoms with Crippen LogP contribution in [-0.2, 0) is 42.9 Å². The molecule has 240 valence electrons. The summed E-state index contributed by atoms with van der Waals surface area (Å²) in [5, 5.41) is 21.9. The molecule has 2 heterocycles. The van der Waals surface area contributed by atoms with Gasteiger partial charge in [0.1, 0.15) is 18.1 Å². The Morgan fingerprint density at radius 3 is 2.42 bits per heavy atom. The number of nitrogens with zero attached hydrogens (tertiary/aromatic N) is 3. The van der Waals surface area contributed by atoms with Crippen molar-refractivity contribution in [2.75, 3.05) is 12.3 Å². The number of nitro benzene ring substituents is 1. The van der Waals surface area contributed by atoms with Crippen LogP contribution in [-0.4, -0.2) is 58.0 Å². The fourth-order valence-electron chi connectivity index (χ4n) is 4.06. The molecule has 2 unspecified atom stereocenters. The highest BCUT2D eigenvalue weighted by molar-refractivity contribution is 7.66. The first-order valence-electron chi connectivity index (χ1n) is 12.1. The standard InChI is InChI=1S/C20H29N4O16P3/c1-11(2)18(13-5-3-4-6-14(13)24(27)28)36-9-12-8-23(20(26)22-19(12)21)17-7-15(25)16(38-17)10-37-42(32,33)40-43(34,35)39-41(29,30)31/h3-6,8,11,15-18,25H,7,9-10H2,1-2H3,(H,32,33)(H,34,35)(H2,21,22,26)(H2,29,30,31)/t15-,16+,17+,18+/m0/s1. The lowest BCUT2D eigenvalue weighted by Gasteiger charge is -2.23. The second-order valence-electron chi connectivity index (χ2n) is 9.45. The lowest BCUT2D eigenvalue weighted by atomic mass is 9.97. The van der Waals surface area contributed by atoms with Crippen LogP contribution in [0.25, 0.3) is 0 Å². The Balaban J connectivity index is 1.72. The van der Waals surface area contributed by atoms with E-state index in [-0.39, 0.29) is 36.0 Å². The largest absolute Gasteiger partial charge is 0.490 e. The van der Waals surface area contributed by atoms with Crippen LogP contribution in [0.5, 0.6) is 0 Å². The zero-order valence-electron chi connectivity index (χ0n) is 22.4. The molecule has 0 saturated carbocycles. The van der Waals surface area contributed by atoms with E-state index in [1.807, 2.05) is 0 Å². The monoisotopic (exact) mass is 674 g/mol. The van der Waals surface area contributed by atoms with Gasteiger partial charge in [0.05, 0.1) is 35.9 Å². The van der Waals surface area contributed by atoms with Gasteiger partial charge in [0.2, 0.25) is 0 Å². The maximum atomic E-state index is 12.6. The molecule has 0 radical (unpaired) electrons. The third-order valence-electron chi connectivity index (χ3n) is 5.86. The minimum Gasteiger partial charge on any atom is -0.390 e. The van der Waals surface area contributed by atoms with Crippen LogP contribution < -0.4 is 11.4 Å². The predicted octanol–water partition coefficient (Wildman–Crippen LogP) is 1.64. The molecule has 1 fully saturated rings. The third-order valence-corrected chi connectivity index (χ3v) is 9.66. The maximum Gasteiger partial charge on any atom is 0.490 e. The molecule has 23 heteroatoms. The molecule has 7 N–H and O–H groups in total. The summed E-state index contributed by atoms with van der Waals surface area (Å²) >= 11 is 0. The van der Waals surface area contributed by atoms with E-state index in [1.165, 1.54) is 18.3 Å². The fraction of sp³-hybridized carbons (Fsp3) is 0.500. The summed E-state index contributed by atoms with van der Waals surface area (Å²) < 4.78 is 58.4. The molecule has 1 aromatic heterocycles. The number of hydrogen-bond donors (Lipinski definition) is 6. The van der Waals surface area contributed by atoms with Crippen LogP contribution in [0.2, 0.25) is 0 Å². The van der Waals surface area contributed by atoms with E-state index in [4.69, 9.17) is 25.0 Å². The Kier molecular flexibility index (Phi) is 11.2. The van der Waals surface area contributed by atoms with E-state index in [0.717, 1.165) is 4.57 Å². The number of anilines is 1. The summed E-state index contributed by atoms with van der Waals surface area (Å²) in [4.78, 5) is 63.4. The molecule has 1 aromatic carbocycles. The molecule has 43 heavy (non-hydrogen) atoms. The van der Waals surface area contributed by atoms with E-state index in [2.05, 4.69) is 18.1 Å². The molecule has 1 saturated heterocycles. The summed E-state index contributed by atoms with van der Waals surface area (Å²) in [5.41, 5.74) is 5.38. The summed E-state index contributed by atoms with van der Waals surface area (Å²) in [6.45, 7) is 2.40. The molecule has 20 nitrogen and oxygen atoms in total. The normalized spacial score (nSPS) is 22.7. The highest BCUT2D eigenvalue weighted by Crippen LogP contribution is 2.66. The number of phosphoric ester groups is 1. The van der Waals surface area contributed by atoms with E-state index < -0.39 is 65.2 Å². The van der Waals surface area contributed by atoms with Gasteiger partial charge in [-0.15, -0.1) is 0 Å². The smallest absolute Gasteiger partial charge is 0.390 e. The number of nitrogens with two attached hydrogens (primary N) is 1. The van der Waals surface area contributed by atoms with Gasteiger partial charge >= 0.3 is 29.2 Å². The minimum atomic E-state index is -5.75. The van der Waals surface area contributed by atoms with Gasteiger partial charge in [-0.1, -0.05) is 26.0 Å². The molecule has 2 aromatic rings. The average Bonchev–Trinajstić information content (AvgIpc) is 3.22. The number of nitrogen functional groups attached to an aromatic ring is 1. The number of para-hydroxylation sites is 1. The van der Waals surface area contributed by atoms with Gasteiger partial charge in [0.15, 0.2) is 0 Å². The molecule has 0 aliphatic carbocycles. The second kappa shape index (κ2) is 13.7. The topological polar surface area (TPSA) is 303 Å². The first-order valence-corrected chi connectivity index (χ1v) is 16.6. The van der Waals surface area contributed by atoms with Crippen molar-refractivity contribution >= 4 is 35.0 Å². The van der Waals surface area contributed by atoms with E-state index in [0.29, 0.717) is 5.56 Å². The number of hydrogen-bond acceptors (Lipinski definition) is 14. The quantitative estimate of drug-likeness (QED) is 0.0942. The first kappa shape index (κ1) is 35.1. The van der Waals surface area contributed by atoms with Crippen molar-refractivity contribution in [2.45, 2.75) is 51.4 Å². The Hall–Kier alpha value is -2.41. The maximum absolute atomic E-state index is 12.6. The van der Waals surface area contributed by atoms with Crippen molar-refractivity contribution in [1.29, 1.82) is 0 Å². The number of rotatable bonds is 14. The van der Waals surface area contributed by atoms with E-state index in [1.54, 1.807) is 26.0 Å². The van der Waals surface area contributed by atoms with Gasteiger partial charge in [-0.2, -0.15) is 13.6 Å². The van der Waals surface area contributed by atoms with Crippen LogP contribution in [0.4, 0.5) is 11.5 Å². The molecule has 1 aliphatic rings. The summed E-state index contributed by atoms with van der Waals surface area (Å²) in [6, 6.07) is 6.04. The van der Waals surface area contributed by atoms with Crippen LogP contribution in [0.15, 0.2) is 35.3 Å². The fourth-order valence-corrected chi connectivity index (χ4v) is 7.09. The molecule has 1 aliphatic heterocycles. The molecule has 6 atom stereocenters. The third kappa shape index (κ3) is 9.79. The molecule has 0 amide bonds. The van der Waals surface area contributed by atoms with Gasteiger partial charge in [-0.25, -0.2) is 18.5 Å². The van der Waals surface area contributed by atoms with Gasteiger partial charge in [0.25, 0.3) is 5.69 Å². The van der Waals surface area contributed by atoms with Crippen molar-refractivity contribution < 1.29 is 65.9 Å². The van der Waals surface area contributed by atoms with Crippen LogP contribution in [0.1, 0.15) is 43.7 Å². The lowest BCUT2D eigenvalue weighted by molar-refractivity contribution is -0.386. The number of phosphoric acid groups is 3. The second-order valence-corrected chi connectivity index (χ2v) is 13.9. The van der Waals surface area contributed by atoms with E-state index >= 15 is 0 Å². The number of aromatic nitrogens is 2. The molecular weight excluding hydrogens is 645 g/mol. The van der Waals surface area contributed by atoms with Crippen LogP contribution in [0.3, 0.4) is 0 Å². The van der Waals surface area contributed by atoms with Gasteiger partial charge in [0, 0.05) is 24.2 Å². The number of benzene rings is 1. The van der Waals surface area contributed by atoms with Crippen LogP contribution in [0, 0.1) is 16.0 Å². The van der Waals surface area contributed by atoms with Gasteiger partial charge in [-0.3, -0.25) is 19.2 Å². The van der Waals surface area contributed by atoms with Gasteiger partial charge < -0.3 is 39.9 Å². The summed E-state index contributed by atoms with van der Waals surface area (Å²) in [6.07, 6.45) is -3.79. The minimum absolute atomic E-state index is 0.146. The lowest BCUT2D eigenvalue weighted by Crippen LogP contribution is -2.29. The molecule has 0 bridgehead atoms. The first-order chi connectivity index (χ1) is 19.8. The highest BCUT2D eigenvalue weighted by Gasteiger charge is 2.43. The Labute approximate surface area is 242 Å². The zero-order chi connectivity index (χ0) is 32.3.